The fourth-order valence-corrected chi connectivity index (χ4v) is 2.47. The molecule has 0 amide bonds. The lowest BCUT2D eigenvalue weighted by Crippen LogP contribution is -2.44. The van der Waals surface area contributed by atoms with Crippen LogP contribution in [0.4, 0.5) is 4.39 Å². The molecule has 0 aliphatic carbocycles. The predicted octanol–water partition coefficient (Wildman–Crippen LogP) is 2.96. The zero-order valence-electron chi connectivity index (χ0n) is 13.7. The minimum atomic E-state index is -0.328. The fourth-order valence-electron chi connectivity index (χ4n) is 2.04. The van der Waals surface area contributed by atoms with Gasteiger partial charge >= 0.3 is 0 Å². The number of guanidine groups is 1. The minimum absolute atomic E-state index is 0.262. The van der Waals surface area contributed by atoms with Crippen molar-refractivity contribution in [3.63, 3.8) is 0 Å². The minimum Gasteiger partial charge on any atom is -0.380 e. The zero-order chi connectivity index (χ0) is 16.6. The topological polar surface area (TPSA) is 45.6 Å². The Morgan fingerprint density at radius 3 is 2.68 bits per heavy atom. The molecule has 1 rings (SSSR count). The molecule has 0 heterocycles. The smallest absolute Gasteiger partial charge is 0.191 e. The van der Waals surface area contributed by atoms with Crippen molar-refractivity contribution in [3.05, 3.63) is 34.6 Å². The molecule has 0 aromatic heterocycles. The van der Waals surface area contributed by atoms with Crippen LogP contribution in [0, 0.1) is 5.82 Å². The molecule has 1 aromatic rings. The molecule has 0 saturated carbocycles. The second kappa shape index (κ2) is 8.96. The van der Waals surface area contributed by atoms with Crippen molar-refractivity contribution in [1.82, 2.24) is 10.6 Å². The summed E-state index contributed by atoms with van der Waals surface area (Å²) in [5.74, 6) is 0.372. The summed E-state index contributed by atoms with van der Waals surface area (Å²) >= 11 is 6.15. The number of aliphatic imine (C=N–C) groups is 1. The molecule has 0 atom stereocenters. The summed E-state index contributed by atoms with van der Waals surface area (Å²) in [6.45, 7) is 8.69. The van der Waals surface area contributed by atoms with Gasteiger partial charge in [0, 0.05) is 37.2 Å². The Hall–Kier alpha value is -1.33. The average Bonchev–Trinajstić information content (AvgIpc) is 2.46. The molecule has 1 aromatic carbocycles. The van der Waals surface area contributed by atoms with E-state index < -0.39 is 0 Å². The summed E-state index contributed by atoms with van der Waals surface area (Å²) in [7, 11) is 1.72. The lowest BCUT2D eigenvalue weighted by molar-refractivity contribution is 0.152. The highest BCUT2D eigenvalue weighted by Gasteiger charge is 2.23. The monoisotopic (exact) mass is 329 g/mol. The lowest BCUT2D eigenvalue weighted by atomic mass is 9.84. The van der Waals surface area contributed by atoms with Crippen LogP contribution < -0.4 is 10.6 Å². The Morgan fingerprint density at radius 2 is 2.09 bits per heavy atom. The van der Waals surface area contributed by atoms with E-state index in [4.69, 9.17) is 16.3 Å². The van der Waals surface area contributed by atoms with E-state index in [1.165, 1.54) is 12.1 Å². The molecule has 0 aliphatic rings. The molecule has 6 heteroatoms. The van der Waals surface area contributed by atoms with Crippen LogP contribution in [0.15, 0.2) is 23.2 Å². The first kappa shape index (κ1) is 18.7. The third kappa shape index (κ3) is 5.81. The highest BCUT2D eigenvalue weighted by atomic mass is 35.5. The maximum absolute atomic E-state index is 13.2. The molecule has 0 spiro atoms. The molecule has 0 bridgehead atoms. The molecule has 124 valence electrons. The Kier molecular flexibility index (Phi) is 7.62. The van der Waals surface area contributed by atoms with Crippen LogP contribution in [-0.2, 0) is 10.2 Å². The second-order valence-electron chi connectivity index (χ2n) is 5.56. The van der Waals surface area contributed by atoms with E-state index in [0.29, 0.717) is 37.3 Å². The Morgan fingerprint density at radius 1 is 1.36 bits per heavy atom. The van der Waals surface area contributed by atoms with Gasteiger partial charge in [0.2, 0.25) is 0 Å². The van der Waals surface area contributed by atoms with Crippen LogP contribution in [0.3, 0.4) is 0 Å². The van der Waals surface area contributed by atoms with Crippen molar-refractivity contribution in [2.24, 2.45) is 4.99 Å². The van der Waals surface area contributed by atoms with Gasteiger partial charge in [-0.2, -0.15) is 0 Å². The average molecular weight is 330 g/mol. The Labute approximate surface area is 137 Å². The summed E-state index contributed by atoms with van der Waals surface area (Å²) in [5, 5.41) is 6.87. The number of nitrogens with zero attached hydrogens (tertiary/aromatic N) is 1. The van der Waals surface area contributed by atoms with Crippen LogP contribution in [0.5, 0.6) is 0 Å². The van der Waals surface area contributed by atoms with Crippen molar-refractivity contribution in [2.75, 3.05) is 33.4 Å². The van der Waals surface area contributed by atoms with Gasteiger partial charge in [-0.05, 0) is 24.6 Å². The third-order valence-electron chi connectivity index (χ3n) is 3.32. The Bertz CT molecular complexity index is 506. The predicted molar refractivity (Wildman–Crippen MR) is 90.3 cm³/mol. The van der Waals surface area contributed by atoms with Gasteiger partial charge in [-0.1, -0.05) is 31.5 Å². The number of benzene rings is 1. The van der Waals surface area contributed by atoms with Crippen LogP contribution in [-0.4, -0.2) is 39.3 Å². The zero-order valence-corrected chi connectivity index (χ0v) is 14.4. The van der Waals surface area contributed by atoms with Crippen LogP contribution in [0.2, 0.25) is 5.02 Å². The highest BCUT2D eigenvalue weighted by Crippen LogP contribution is 2.29. The number of hydrogen-bond donors (Lipinski definition) is 2. The quantitative estimate of drug-likeness (QED) is 0.459. The molecular formula is C16H25ClFN3O. The SMILES string of the molecule is CCOCCNC(=NC)NCC(C)(C)c1ccc(F)cc1Cl. The number of hydrogen-bond acceptors (Lipinski definition) is 2. The standard InChI is InChI=1S/C16H25ClFN3O/c1-5-22-9-8-20-15(19-4)21-11-16(2,3)13-7-6-12(18)10-14(13)17/h6-7,10H,5,8-9,11H2,1-4H3,(H2,19,20,21). The van der Waals surface area contributed by atoms with E-state index in [1.54, 1.807) is 13.1 Å². The van der Waals surface area contributed by atoms with E-state index in [2.05, 4.69) is 15.6 Å². The molecule has 4 nitrogen and oxygen atoms in total. The largest absolute Gasteiger partial charge is 0.380 e. The lowest BCUT2D eigenvalue weighted by Gasteiger charge is -2.27. The van der Waals surface area contributed by atoms with Crippen molar-refractivity contribution >= 4 is 17.6 Å². The summed E-state index contributed by atoms with van der Waals surface area (Å²) < 4.78 is 18.4. The number of ether oxygens (including phenoxy) is 1. The van der Waals surface area contributed by atoms with Crippen LogP contribution in [0.1, 0.15) is 26.3 Å². The van der Waals surface area contributed by atoms with Gasteiger partial charge in [0.15, 0.2) is 5.96 Å². The van der Waals surface area contributed by atoms with Gasteiger partial charge in [-0.3, -0.25) is 4.99 Å². The van der Waals surface area contributed by atoms with Crippen molar-refractivity contribution in [2.45, 2.75) is 26.2 Å². The normalized spacial score (nSPS) is 12.4. The molecule has 0 saturated heterocycles. The second-order valence-corrected chi connectivity index (χ2v) is 5.96. The van der Waals surface area contributed by atoms with E-state index in [9.17, 15) is 4.39 Å². The molecule has 0 fully saturated rings. The summed E-state index contributed by atoms with van der Waals surface area (Å²) in [5.41, 5.74) is 0.635. The molecular weight excluding hydrogens is 305 g/mol. The first-order valence-electron chi connectivity index (χ1n) is 7.38. The van der Waals surface area contributed by atoms with Crippen molar-refractivity contribution < 1.29 is 9.13 Å². The molecule has 2 N–H and O–H groups in total. The maximum atomic E-state index is 13.2. The number of halogens is 2. The van der Waals surface area contributed by atoms with E-state index in [-0.39, 0.29) is 11.2 Å². The van der Waals surface area contributed by atoms with Crippen molar-refractivity contribution in [3.8, 4) is 0 Å². The maximum Gasteiger partial charge on any atom is 0.191 e. The molecule has 0 radical (unpaired) electrons. The van der Waals surface area contributed by atoms with Crippen LogP contribution in [0.25, 0.3) is 0 Å². The van der Waals surface area contributed by atoms with Crippen molar-refractivity contribution in [1.29, 1.82) is 0 Å². The fraction of sp³-hybridized carbons (Fsp3) is 0.562. The van der Waals surface area contributed by atoms with E-state index >= 15 is 0 Å². The van der Waals surface area contributed by atoms with E-state index in [1.807, 2.05) is 20.8 Å². The van der Waals surface area contributed by atoms with Gasteiger partial charge in [0.1, 0.15) is 5.82 Å². The first-order chi connectivity index (χ1) is 10.4. The van der Waals surface area contributed by atoms with Gasteiger partial charge in [-0.25, -0.2) is 4.39 Å². The number of nitrogens with one attached hydrogen (secondary N) is 2. The highest BCUT2D eigenvalue weighted by molar-refractivity contribution is 6.31. The Balaban J connectivity index is 2.60. The number of rotatable bonds is 7. The van der Waals surface area contributed by atoms with Gasteiger partial charge in [-0.15, -0.1) is 0 Å². The first-order valence-corrected chi connectivity index (χ1v) is 7.76. The van der Waals surface area contributed by atoms with Gasteiger partial charge < -0.3 is 15.4 Å². The van der Waals surface area contributed by atoms with Gasteiger partial charge in [0.05, 0.1) is 6.61 Å². The molecule has 22 heavy (non-hydrogen) atoms. The summed E-state index contributed by atoms with van der Waals surface area (Å²) in [4.78, 5) is 4.16. The van der Waals surface area contributed by atoms with Gasteiger partial charge in [0.25, 0.3) is 0 Å². The third-order valence-corrected chi connectivity index (χ3v) is 3.64. The summed E-state index contributed by atoms with van der Waals surface area (Å²) in [6, 6.07) is 4.50. The molecule has 0 unspecified atom stereocenters. The summed E-state index contributed by atoms with van der Waals surface area (Å²) in [6.07, 6.45) is 0. The van der Waals surface area contributed by atoms with Crippen LogP contribution >= 0.6 is 11.6 Å². The van der Waals surface area contributed by atoms with E-state index in [0.717, 1.165) is 5.56 Å². The molecule has 0 aliphatic heterocycles.